The minimum absolute atomic E-state index is 0.0590. The van der Waals surface area contributed by atoms with E-state index in [-0.39, 0.29) is 5.96 Å². The van der Waals surface area contributed by atoms with Crippen molar-refractivity contribution in [1.82, 2.24) is 0 Å². The summed E-state index contributed by atoms with van der Waals surface area (Å²) in [4.78, 5) is 4.11. The first-order valence-corrected chi connectivity index (χ1v) is 9.58. The molecule has 0 fully saturated rings. The highest BCUT2D eigenvalue weighted by molar-refractivity contribution is 9.10. The highest BCUT2D eigenvalue weighted by atomic mass is 79.9. The summed E-state index contributed by atoms with van der Waals surface area (Å²) in [5, 5.41) is 8.41. The summed E-state index contributed by atoms with van der Waals surface area (Å²) in [6.07, 6.45) is -4.42. The molecule has 2 aromatic carbocycles. The Bertz CT molecular complexity index is 795. The molecule has 2 aromatic rings. The fourth-order valence-corrected chi connectivity index (χ4v) is 3.56. The lowest BCUT2D eigenvalue weighted by Gasteiger charge is -2.29. The number of rotatable bonds is 4. The lowest BCUT2D eigenvalue weighted by atomic mass is 10.2. The van der Waals surface area contributed by atoms with Crippen molar-refractivity contribution in [3.8, 4) is 0 Å². The fraction of sp³-hybridized carbons (Fsp3) is 0.278. The van der Waals surface area contributed by atoms with Crippen LogP contribution in [0.15, 0.2) is 51.8 Å². The molecular weight excluding hydrogens is 427 g/mol. The SMILES string of the molecule is CCSc1ccc(Br)c(N(C)C(=N)N(C)c2cccc(C(F)(F)F)c2)c1. The Kier molecular flexibility index (Phi) is 6.63. The van der Waals surface area contributed by atoms with Crippen molar-refractivity contribution in [3.63, 3.8) is 0 Å². The van der Waals surface area contributed by atoms with Crippen LogP contribution in [0.3, 0.4) is 0 Å². The Hall–Kier alpha value is -1.67. The Morgan fingerprint density at radius 1 is 1.12 bits per heavy atom. The van der Waals surface area contributed by atoms with Crippen molar-refractivity contribution in [3.05, 3.63) is 52.5 Å². The largest absolute Gasteiger partial charge is 0.416 e. The van der Waals surface area contributed by atoms with E-state index in [2.05, 4.69) is 22.9 Å². The third-order valence-electron chi connectivity index (χ3n) is 3.79. The Balaban J connectivity index is 2.29. The van der Waals surface area contributed by atoms with E-state index in [1.54, 1.807) is 36.8 Å². The number of hydrogen-bond acceptors (Lipinski definition) is 2. The van der Waals surface area contributed by atoms with Crippen LogP contribution in [0.5, 0.6) is 0 Å². The molecule has 0 aromatic heterocycles. The lowest BCUT2D eigenvalue weighted by molar-refractivity contribution is -0.137. The maximum absolute atomic E-state index is 12.9. The van der Waals surface area contributed by atoms with Gasteiger partial charge in [0.2, 0.25) is 5.96 Å². The summed E-state index contributed by atoms with van der Waals surface area (Å²) >= 11 is 5.16. The number of halogens is 4. The molecule has 0 amide bonds. The zero-order chi connectivity index (χ0) is 19.5. The number of benzene rings is 2. The molecule has 2 rings (SSSR count). The van der Waals surface area contributed by atoms with Crippen LogP contribution in [-0.4, -0.2) is 25.8 Å². The van der Waals surface area contributed by atoms with Gasteiger partial charge in [-0.15, -0.1) is 11.8 Å². The number of nitrogens with zero attached hydrogens (tertiary/aromatic N) is 2. The van der Waals surface area contributed by atoms with Gasteiger partial charge in [-0.2, -0.15) is 13.2 Å². The molecular formula is C18H19BrF3N3S. The zero-order valence-corrected chi connectivity index (χ0v) is 17.0. The highest BCUT2D eigenvalue weighted by Crippen LogP contribution is 2.33. The van der Waals surface area contributed by atoms with E-state index in [0.717, 1.165) is 32.9 Å². The molecule has 8 heteroatoms. The van der Waals surface area contributed by atoms with Crippen molar-refractivity contribution < 1.29 is 13.2 Å². The molecule has 0 saturated carbocycles. The van der Waals surface area contributed by atoms with E-state index < -0.39 is 11.7 Å². The number of nitrogens with one attached hydrogen (secondary N) is 1. The van der Waals surface area contributed by atoms with Gasteiger partial charge in [0.1, 0.15) is 0 Å². The first-order valence-electron chi connectivity index (χ1n) is 7.80. The summed E-state index contributed by atoms with van der Waals surface area (Å²) in [5.74, 6) is 0.982. The molecule has 0 radical (unpaired) electrons. The average Bonchev–Trinajstić information content (AvgIpc) is 2.61. The van der Waals surface area contributed by atoms with Gasteiger partial charge in [-0.25, -0.2) is 0 Å². The molecule has 0 atom stereocenters. The summed E-state index contributed by atoms with van der Waals surface area (Å²) < 4.78 is 39.6. The second kappa shape index (κ2) is 8.35. The van der Waals surface area contributed by atoms with Crippen LogP contribution in [0.4, 0.5) is 24.5 Å². The van der Waals surface area contributed by atoms with Crippen LogP contribution in [-0.2, 0) is 6.18 Å². The van der Waals surface area contributed by atoms with Gasteiger partial charge in [0.25, 0.3) is 0 Å². The van der Waals surface area contributed by atoms with Crippen LogP contribution >= 0.6 is 27.7 Å². The molecule has 0 bridgehead atoms. The van der Waals surface area contributed by atoms with Crippen molar-refractivity contribution in [2.75, 3.05) is 29.6 Å². The van der Waals surface area contributed by atoms with Gasteiger partial charge < -0.3 is 9.80 Å². The fourth-order valence-electron chi connectivity index (χ4n) is 2.36. The predicted molar refractivity (Wildman–Crippen MR) is 107 cm³/mol. The van der Waals surface area contributed by atoms with Crippen LogP contribution in [0.25, 0.3) is 0 Å². The van der Waals surface area contributed by atoms with Gasteiger partial charge >= 0.3 is 6.18 Å². The maximum Gasteiger partial charge on any atom is 0.416 e. The van der Waals surface area contributed by atoms with Gasteiger partial charge in [0.15, 0.2) is 0 Å². The third-order valence-corrected chi connectivity index (χ3v) is 5.33. The number of thioether (sulfide) groups is 1. The first kappa shape index (κ1) is 20.6. The van der Waals surface area contributed by atoms with Crippen LogP contribution in [0.2, 0.25) is 0 Å². The quantitative estimate of drug-likeness (QED) is 0.351. The Morgan fingerprint density at radius 3 is 2.42 bits per heavy atom. The maximum atomic E-state index is 12.9. The van der Waals surface area contributed by atoms with Gasteiger partial charge in [-0.3, -0.25) is 5.41 Å². The molecule has 26 heavy (non-hydrogen) atoms. The zero-order valence-electron chi connectivity index (χ0n) is 14.6. The summed E-state index contributed by atoms with van der Waals surface area (Å²) in [6, 6.07) is 10.8. The van der Waals surface area contributed by atoms with Gasteiger partial charge in [-0.1, -0.05) is 13.0 Å². The van der Waals surface area contributed by atoms with Gasteiger partial charge in [0.05, 0.1) is 11.3 Å². The monoisotopic (exact) mass is 445 g/mol. The van der Waals surface area contributed by atoms with E-state index >= 15 is 0 Å². The predicted octanol–water partition coefficient (Wildman–Crippen LogP) is 6.09. The van der Waals surface area contributed by atoms with Crippen molar-refractivity contribution in [2.45, 2.75) is 18.0 Å². The molecule has 0 saturated heterocycles. The van der Waals surface area contributed by atoms with Crippen molar-refractivity contribution in [2.24, 2.45) is 0 Å². The normalized spacial score (nSPS) is 11.3. The Morgan fingerprint density at radius 2 is 1.81 bits per heavy atom. The second-order valence-electron chi connectivity index (χ2n) is 5.54. The van der Waals surface area contributed by atoms with E-state index in [9.17, 15) is 13.2 Å². The third kappa shape index (κ3) is 4.73. The molecule has 0 aliphatic carbocycles. The van der Waals surface area contributed by atoms with E-state index in [4.69, 9.17) is 5.41 Å². The second-order valence-corrected chi connectivity index (χ2v) is 7.73. The van der Waals surface area contributed by atoms with Crippen LogP contribution in [0, 0.1) is 5.41 Å². The van der Waals surface area contributed by atoms with Gasteiger partial charge in [0, 0.05) is 29.2 Å². The lowest BCUT2D eigenvalue weighted by Crippen LogP contribution is -2.40. The molecule has 3 nitrogen and oxygen atoms in total. The average molecular weight is 446 g/mol. The minimum Gasteiger partial charge on any atom is -0.316 e. The molecule has 1 N–H and O–H groups in total. The topological polar surface area (TPSA) is 30.3 Å². The molecule has 140 valence electrons. The molecule has 0 heterocycles. The van der Waals surface area contributed by atoms with Crippen molar-refractivity contribution in [1.29, 1.82) is 5.41 Å². The van der Waals surface area contributed by atoms with Crippen molar-refractivity contribution >= 4 is 45.0 Å². The van der Waals surface area contributed by atoms with E-state index in [0.29, 0.717) is 5.69 Å². The first-order chi connectivity index (χ1) is 12.1. The minimum atomic E-state index is -4.42. The number of anilines is 2. The summed E-state index contributed by atoms with van der Waals surface area (Å²) in [6.45, 7) is 2.06. The molecule has 0 spiro atoms. The molecule has 0 unspecified atom stereocenters. The summed E-state index contributed by atoms with van der Waals surface area (Å²) in [7, 11) is 3.29. The number of guanidine groups is 1. The molecule has 0 aliphatic rings. The highest BCUT2D eigenvalue weighted by Gasteiger charge is 2.31. The Labute approximate surface area is 163 Å². The smallest absolute Gasteiger partial charge is 0.316 e. The van der Waals surface area contributed by atoms with Crippen LogP contribution < -0.4 is 9.80 Å². The standard InChI is InChI=1S/C18H19BrF3N3S/c1-4-26-14-8-9-15(19)16(11-14)25(3)17(23)24(2)13-7-5-6-12(10-13)18(20,21)22/h5-11,23H,4H2,1-3H3. The van der Waals surface area contributed by atoms with E-state index in [1.165, 1.54) is 11.0 Å². The van der Waals surface area contributed by atoms with Crippen LogP contribution in [0.1, 0.15) is 12.5 Å². The number of alkyl halides is 3. The van der Waals surface area contributed by atoms with E-state index in [1.807, 2.05) is 18.2 Å². The number of hydrogen-bond donors (Lipinski definition) is 1. The molecule has 0 aliphatic heterocycles. The van der Waals surface area contributed by atoms with Gasteiger partial charge in [-0.05, 0) is 58.1 Å². The summed E-state index contributed by atoms with van der Waals surface area (Å²) in [5.41, 5.74) is 0.332.